The molecule has 4 aromatic rings. The third-order valence-corrected chi connectivity index (χ3v) is 6.02. The Morgan fingerprint density at radius 3 is 2.35 bits per heavy atom. The number of hydrogen-bond acceptors (Lipinski definition) is 6. The fourth-order valence-corrected chi connectivity index (χ4v) is 4.11. The zero-order chi connectivity index (χ0) is 24.1. The quantitative estimate of drug-likeness (QED) is 0.221. The minimum absolute atomic E-state index is 0.0356. The van der Waals surface area contributed by atoms with Crippen LogP contribution in [0.5, 0.6) is 0 Å². The SMILES string of the molecule is Cc1ccc(C(=O)NCc2nnc(SCc3ccc(F)cc3)n2-c2ccc([N+](=O)[O-])cc2)cc1. The van der Waals surface area contributed by atoms with Gasteiger partial charge >= 0.3 is 0 Å². The van der Waals surface area contributed by atoms with Crippen LogP contribution in [-0.2, 0) is 12.3 Å². The number of nitro groups is 1. The maximum Gasteiger partial charge on any atom is 0.269 e. The molecule has 10 heteroatoms. The van der Waals surface area contributed by atoms with Gasteiger partial charge in [0, 0.05) is 29.1 Å². The fourth-order valence-electron chi connectivity index (χ4n) is 3.19. The molecule has 0 saturated heterocycles. The molecule has 0 saturated carbocycles. The van der Waals surface area contributed by atoms with Crippen molar-refractivity contribution in [1.82, 2.24) is 20.1 Å². The number of benzene rings is 3. The summed E-state index contributed by atoms with van der Waals surface area (Å²) in [5.74, 6) is 0.422. The second-order valence-corrected chi connectivity index (χ2v) is 8.41. The summed E-state index contributed by atoms with van der Waals surface area (Å²) in [7, 11) is 0. The average molecular weight is 478 g/mol. The summed E-state index contributed by atoms with van der Waals surface area (Å²) >= 11 is 1.38. The van der Waals surface area contributed by atoms with E-state index in [-0.39, 0.29) is 24.0 Å². The van der Waals surface area contributed by atoms with Crippen molar-refractivity contribution in [3.8, 4) is 5.69 Å². The Bertz CT molecular complexity index is 1310. The highest BCUT2D eigenvalue weighted by Crippen LogP contribution is 2.26. The lowest BCUT2D eigenvalue weighted by Crippen LogP contribution is -2.24. The summed E-state index contributed by atoms with van der Waals surface area (Å²) in [5.41, 5.74) is 3.07. The number of hydrogen-bond donors (Lipinski definition) is 1. The van der Waals surface area contributed by atoms with Gasteiger partial charge in [0.25, 0.3) is 11.6 Å². The van der Waals surface area contributed by atoms with Crippen LogP contribution in [0.2, 0.25) is 0 Å². The van der Waals surface area contributed by atoms with E-state index in [9.17, 15) is 19.3 Å². The van der Waals surface area contributed by atoms with Crippen molar-refractivity contribution < 1.29 is 14.1 Å². The van der Waals surface area contributed by atoms with Crippen LogP contribution in [0.4, 0.5) is 10.1 Å². The molecule has 3 aromatic carbocycles. The zero-order valence-electron chi connectivity index (χ0n) is 18.1. The standard InChI is InChI=1S/C24H20FN5O3S/c1-16-2-6-18(7-3-16)23(31)26-14-22-27-28-24(34-15-17-4-8-19(25)9-5-17)29(22)20-10-12-21(13-11-20)30(32)33/h2-13H,14-15H2,1H3,(H,26,31). The van der Waals surface area contributed by atoms with Crippen molar-refractivity contribution in [3.63, 3.8) is 0 Å². The van der Waals surface area contributed by atoms with Gasteiger partial charge in [0.05, 0.1) is 11.5 Å². The molecular weight excluding hydrogens is 457 g/mol. The number of nitrogens with one attached hydrogen (secondary N) is 1. The number of amides is 1. The highest BCUT2D eigenvalue weighted by atomic mass is 32.2. The molecule has 1 heterocycles. The van der Waals surface area contributed by atoms with Gasteiger partial charge < -0.3 is 5.32 Å². The van der Waals surface area contributed by atoms with Gasteiger partial charge in [-0.1, -0.05) is 41.6 Å². The van der Waals surface area contributed by atoms with E-state index < -0.39 is 4.92 Å². The number of aryl methyl sites for hydroxylation is 1. The first-order valence-corrected chi connectivity index (χ1v) is 11.3. The van der Waals surface area contributed by atoms with Crippen LogP contribution >= 0.6 is 11.8 Å². The molecule has 0 bridgehead atoms. The predicted octanol–water partition coefficient (Wildman–Crippen LogP) is 4.85. The fraction of sp³-hybridized carbons (Fsp3) is 0.125. The van der Waals surface area contributed by atoms with E-state index in [1.807, 2.05) is 19.1 Å². The van der Waals surface area contributed by atoms with E-state index in [1.54, 1.807) is 41.0 Å². The van der Waals surface area contributed by atoms with Crippen LogP contribution in [0.15, 0.2) is 78.0 Å². The van der Waals surface area contributed by atoms with Crippen molar-refractivity contribution in [1.29, 1.82) is 0 Å². The summed E-state index contributed by atoms with van der Waals surface area (Å²) in [6.45, 7) is 2.05. The van der Waals surface area contributed by atoms with Crippen molar-refractivity contribution >= 4 is 23.4 Å². The normalized spacial score (nSPS) is 10.8. The Hall–Kier alpha value is -4.05. The van der Waals surface area contributed by atoms with Crippen LogP contribution in [0, 0.1) is 22.9 Å². The minimum atomic E-state index is -0.469. The van der Waals surface area contributed by atoms with Gasteiger partial charge in [0.15, 0.2) is 11.0 Å². The zero-order valence-corrected chi connectivity index (χ0v) is 19.0. The molecule has 4 rings (SSSR count). The Morgan fingerprint density at radius 1 is 1.03 bits per heavy atom. The monoisotopic (exact) mass is 477 g/mol. The third-order valence-electron chi connectivity index (χ3n) is 5.02. The van der Waals surface area contributed by atoms with Gasteiger partial charge in [0.2, 0.25) is 0 Å². The number of aromatic nitrogens is 3. The largest absolute Gasteiger partial charge is 0.345 e. The first-order chi connectivity index (χ1) is 16.4. The summed E-state index contributed by atoms with van der Waals surface area (Å²) in [6.07, 6.45) is 0. The van der Waals surface area contributed by atoms with E-state index in [0.717, 1.165) is 11.1 Å². The number of thioether (sulfide) groups is 1. The second kappa shape index (κ2) is 10.3. The molecule has 0 fully saturated rings. The summed E-state index contributed by atoms with van der Waals surface area (Å²) in [6, 6.07) is 19.4. The van der Waals surface area contributed by atoms with Crippen LogP contribution in [0.1, 0.15) is 27.3 Å². The van der Waals surface area contributed by atoms with E-state index in [1.165, 1.54) is 36.0 Å². The Balaban J connectivity index is 1.58. The number of nitrogens with zero attached hydrogens (tertiary/aromatic N) is 4. The molecule has 0 spiro atoms. The maximum absolute atomic E-state index is 13.2. The number of carbonyl (C=O) groups is 1. The Labute approximate surface area is 199 Å². The maximum atomic E-state index is 13.2. The lowest BCUT2D eigenvalue weighted by Gasteiger charge is -2.11. The first-order valence-electron chi connectivity index (χ1n) is 10.3. The molecule has 0 unspecified atom stereocenters. The van der Waals surface area contributed by atoms with Crippen LogP contribution in [-0.4, -0.2) is 25.6 Å². The molecular formula is C24H20FN5O3S. The lowest BCUT2D eigenvalue weighted by molar-refractivity contribution is -0.384. The second-order valence-electron chi connectivity index (χ2n) is 7.47. The number of nitro benzene ring substituents is 1. The highest BCUT2D eigenvalue weighted by Gasteiger charge is 2.17. The Kier molecular flexibility index (Phi) is 6.98. The molecule has 1 aromatic heterocycles. The number of carbonyl (C=O) groups excluding carboxylic acids is 1. The van der Waals surface area contributed by atoms with E-state index >= 15 is 0 Å². The van der Waals surface area contributed by atoms with Crippen LogP contribution in [0.3, 0.4) is 0 Å². The first kappa shape index (κ1) is 23.1. The molecule has 8 nitrogen and oxygen atoms in total. The molecule has 0 radical (unpaired) electrons. The molecule has 172 valence electrons. The summed E-state index contributed by atoms with van der Waals surface area (Å²) in [5, 5.41) is 22.9. The number of non-ortho nitro benzene ring substituents is 1. The van der Waals surface area contributed by atoms with Crippen molar-refractivity contribution in [2.24, 2.45) is 0 Å². The van der Waals surface area contributed by atoms with Gasteiger partial charge in [-0.15, -0.1) is 10.2 Å². The van der Waals surface area contributed by atoms with E-state index in [2.05, 4.69) is 15.5 Å². The smallest absolute Gasteiger partial charge is 0.269 e. The molecule has 34 heavy (non-hydrogen) atoms. The molecule has 0 aliphatic rings. The van der Waals surface area contributed by atoms with Crippen LogP contribution in [0.25, 0.3) is 5.69 Å². The van der Waals surface area contributed by atoms with Gasteiger partial charge in [-0.25, -0.2) is 4.39 Å². The average Bonchev–Trinajstić information content (AvgIpc) is 3.25. The third kappa shape index (κ3) is 5.46. The van der Waals surface area contributed by atoms with Crippen molar-refractivity contribution in [3.05, 3.63) is 111 Å². The molecule has 1 amide bonds. The van der Waals surface area contributed by atoms with E-state index in [4.69, 9.17) is 0 Å². The van der Waals surface area contributed by atoms with E-state index in [0.29, 0.717) is 28.0 Å². The topological polar surface area (TPSA) is 103 Å². The lowest BCUT2D eigenvalue weighted by atomic mass is 10.1. The number of rotatable bonds is 8. The molecule has 1 N–H and O–H groups in total. The van der Waals surface area contributed by atoms with Gasteiger partial charge in [-0.3, -0.25) is 19.5 Å². The van der Waals surface area contributed by atoms with Crippen LogP contribution < -0.4 is 5.32 Å². The number of halogens is 1. The van der Waals surface area contributed by atoms with Gasteiger partial charge in [-0.2, -0.15) is 0 Å². The summed E-state index contributed by atoms with van der Waals surface area (Å²) < 4.78 is 14.9. The van der Waals surface area contributed by atoms with Crippen molar-refractivity contribution in [2.45, 2.75) is 24.4 Å². The molecule has 0 aliphatic carbocycles. The molecule has 0 atom stereocenters. The van der Waals surface area contributed by atoms with Gasteiger partial charge in [0.1, 0.15) is 5.82 Å². The Morgan fingerprint density at radius 2 is 1.71 bits per heavy atom. The van der Waals surface area contributed by atoms with Crippen molar-refractivity contribution in [2.75, 3.05) is 0 Å². The molecule has 0 aliphatic heterocycles. The highest BCUT2D eigenvalue weighted by molar-refractivity contribution is 7.98. The minimum Gasteiger partial charge on any atom is -0.345 e. The van der Waals surface area contributed by atoms with Gasteiger partial charge in [-0.05, 0) is 48.9 Å². The predicted molar refractivity (Wildman–Crippen MR) is 126 cm³/mol. The summed E-state index contributed by atoms with van der Waals surface area (Å²) in [4.78, 5) is 23.1.